The van der Waals surface area contributed by atoms with Crippen LogP contribution in [0.15, 0.2) is 37.9 Å². The zero-order chi connectivity index (χ0) is 19.0. The zero-order valence-corrected chi connectivity index (χ0v) is 14.7. The van der Waals surface area contributed by atoms with E-state index in [1.54, 1.807) is 31.2 Å². The Morgan fingerprint density at radius 3 is 2.27 bits per heavy atom. The summed E-state index contributed by atoms with van der Waals surface area (Å²) in [6, 6.07) is 6.60. The van der Waals surface area contributed by atoms with Crippen LogP contribution < -0.4 is 15.1 Å². The maximum absolute atomic E-state index is 12.1. The summed E-state index contributed by atoms with van der Waals surface area (Å²) in [5, 5.41) is 0.729. The van der Waals surface area contributed by atoms with Gasteiger partial charge in [0.2, 0.25) is 0 Å². The maximum atomic E-state index is 12.1. The van der Waals surface area contributed by atoms with Crippen LogP contribution in [0.4, 0.5) is 0 Å². The molecule has 0 N–H and O–H groups in total. The number of hydrogen-bond acceptors (Lipinski definition) is 7. The number of benzene rings is 1. The maximum Gasteiger partial charge on any atom is 0.343 e. The van der Waals surface area contributed by atoms with Gasteiger partial charge >= 0.3 is 17.6 Å². The van der Waals surface area contributed by atoms with Crippen molar-refractivity contribution >= 4 is 22.9 Å². The lowest BCUT2D eigenvalue weighted by atomic mass is 10.1. The van der Waals surface area contributed by atoms with Crippen LogP contribution in [0.2, 0.25) is 0 Å². The molecule has 7 heteroatoms. The average Bonchev–Trinajstić information content (AvgIpc) is 2.97. The summed E-state index contributed by atoms with van der Waals surface area (Å²) in [6.07, 6.45) is 0. The average molecular weight is 356 g/mol. The molecule has 2 heterocycles. The van der Waals surface area contributed by atoms with Crippen LogP contribution in [-0.4, -0.2) is 11.9 Å². The Labute approximate surface area is 148 Å². The van der Waals surface area contributed by atoms with Crippen LogP contribution in [0.1, 0.15) is 25.0 Å². The predicted molar refractivity (Wildman–Crippen MR) is 92.3 cm³/mol. The number of carbonyl (C=O) groups excluding carboxylic acids is 2. The molecule has 134 valence electrons. The van der Waals surface area contributed by atoms with Gasteiger partial charge in [-0.05, 0) is 32.0 Å². The van der Waals surface area contributed by atoms with Crippen LogP contribution in [-0.2, 0) is 9.59 Å². The van der Waals surface area contributed by atoms with Crippen molar-refractivity contribution in [3.8, 4) is 23.0 Å². The molecule has 1 aromatic carbocycles. The van der Waals surface area contributed by atoms with Crippen molar-refractivity contribution in [1.29, 1.82) is 0 Å². The van der Waals surface area contributed by atoms with Crippen molar-refractivity contribution < 1.29 is 27.9 Å². The summed E-state index contributed by atoms with van der Waals surface area (Å²) in [7, 11) is 0. The minimum atomic E-state index is -0.622. The number of hydrogen-bond donors (Lipinski definition) is 0. The SMILES string of the molecule is CC(=O)Oc1ccc2cc(-c3oc(=O)c(C)c(OC(C)=O)c3C)oc2c1. The molecule has 0 saturated carbocycles. The summed E-state index contributed by atoms with van der Waals surface area (Å²) in [5.74, 6) is -0.0191. The molecule has 3 rings (SSSR count). The van der Waals surface area contributed by atoms with Gasteiger partial charge in [-0.2, -0.15) is 0 Å². The first-order valence-corrected chi connectivity index (χ1v) is 7.81. The Morgan fingerprint density at radius 1 is 0.923 bits per heavy atom. The van der Waals surface area contributed by atoms with E-state index in [1.165, 1.54) is 20.8 Å². The van der Waals surface area contributed by atoms with Gasteiger partial charge in [-0.15, -0.1) is 0 Å². The van der Waals surface area contributed by atoms with Gasteiger partial charge < -0.3 is 18.3 Å². The number of rotatable bonds is 3. The number of fused-ring (bicyclic) bond motifs is 1. The van der Waals surface area contributed by atoms with E-state index in [4.69, 9.17) is 18.3 Å². The van der Waals surface area contributed by atoms with Crippen molar-refractivity contribution in [2.75, 3.05) is 0 Å². The summed E-state index contributed by atoms with van der Waals surface area (Å²) in [5.41, 5.74) is 0.504. The molecule has 0 aliphatic rings. The molecule has 0 saturated heterocycles. The van der Waals surface area contributed by atoms with Gasteiger partial charge in [-0.1, -0.05) is 0 Å². The standard InChI is InChI=1S/C19H16O7/c1-9-17(24-12(4)21)10(2)19(22)26-18(9)16-7-13-5-6-14(23-11(3)20)8-15(13)25-16/h5-8H,1-4H3. The smallest absolute Gasteiger partial charge is 0.343 e. The first kappa shape index (κ1) is 17.5. The molecule has 2 aromatic heterocycles. The first-order valence-electron chi connectivity index (χ1n) is 7.81. The third kappa shape index (κ3) is 3.23. The van der Waals surface area contributed by atoms with E-state index in [9.17, 15) is 14.4 Å². The summed E-state index contributed by atoms with van der Waals surface area (Å²) < 4.78 is 21.3. The molecule has 26 heavy (non-hydrogen) atoms. The van der Waals surface area contributed by atoms with Crippen LogP contribution in [0, 0.1) is 13.8 Å². The second kappa shape index (κ2) is 6.51. The molecular weight excluding hydrogens is 340 g/mol. The summed E-state index contributed by atoms with van der Waals surface area (Å²) >= 11 is 0. The lowest BCUT2D eigenvalue weighted by molar-refractivity contribution is -0.132. The number of ether oxygens (including phenoxy) is 2. The van der Waals surface area contributed by atoms with Crippen LogP contribution in [0.3, 0.4) is 0 Å². The lowest BCUT2D eigenvalue weighted by Crippen LogP contribution is -2.12. The van der Waals surface area contributed by atoms with E-state index < -0.39 is 17.6 Å². The van der Waals surface area contributed by atoms with Gasteiger partial charge in [0.25, 0.3) is 0 Å². The van der Waals surface area contributed by atoms with Crippen LogP contribution >= 0.6 is 0 Å². The minimum Gasteiger partial charge on any atom is -0.453 e. The Morgan fingerprint density at radius 2 is 1.62 bits per heavy atom. The Hall–Kier alpha value is -3.35. The minimum absolute atomic E-state index is 0.157. The fourth-order valence-corrected chi connectivity index (χ4v) is 2.61. The van der Waals surface area contributed by atoms with Gasteiger partial charge in [0.15, 0.2) is 11.5 Å². The third-order valence-electron chi connectivity index (χ3n) is 3.75. The normalized spacial score (nSPS) is 10.8. The topological polar surface area (TPSA) is 96.0 Å². The molecule has 7 nitrogen and oxygen atoms in total. The van der Waals surface area contributed by atoms with E-state index in [-0.39, 0.29) is 17.1 Å². The summed E-state index contributed by atoms with van der Waals surface area (Å²) in [4.78, 5) is 34.5. The number of esters is 2. The molecule has 0 amide bonds. The van der Waals surface area contributed by atoms with Crippen molar-refractivity contribution in [3.05, 3.63) is 45.8 Å². The molecular formula is C19H16O7. The molecule has 0 unspecified atom stereocenters. The fourth-order valence-electron chi connectivity index (χ4n) is 2.61. The Kier molecular flexibility index (Phi) is 4.38. The van der Waals surface area contributed by atoms with Crippen LogP contribution in [0.25, 0.3) is 22.5 Å². The highest BCUT2D eigenvalue weighted by molar-refractivity contribution is 5.84. The quantitative estimate of drug-likeness (QED) is 0.523. The highest BCUT2D eigenvalue weighted by atomic mass is 16.5. The van der Waals surface area contributed by atoms with Gasteiger partial charge in [0, 0.05) is 30.9 Å². The Balaban J connectivity index is 2.14. The largest absolute Gasteiger partial charge is 0.453 e. The molecule has 0 aliphatic heterocycles. The molecule has 3 aromatic rings. The van der Waals surface area contributed by atoms with Gasteiger partial charge in [0.05, 0.1) is 5.56 Å². The monoisotopic (exact) mass is 356 g/mol. The predicted octanol–water partition coefficient (Wildman–Crippen LogP) is 3.52. The van der Waals surface area contributed by atoms with E-state index in [0.29, 0.717) is 22.7 Å². The fraction of sp³-hybridized carbons (Fsp3) is 0.211. The van der Waals surface area contributed by atoms with Crippen molar-refractivity contribution in [2.24, 2.45) is 0 Å². The van der Waals surface area contributed by atoms with E-state index in [2.05, 4.69) is 0 Å². The molecule has 0 fully saturated rings. The number of carbonyl (C=O) groups is 2. The first-order chi connectivity index (χ1) is 12.3. The second-order valence-electron chi connectivity index (χ2n) is 5.80. The second-order valence-corrected chi connectivity index (χ2v) is 5.80. The molecule has 0 aliphatic carbocycles. The zero-order valence-electron chi connectivity index (χ0n) is 14.7. The summed E-state index contributed by atoms with van der Waals surface area (Å²) in [6.45, 7) is 5.75. The third-order valence-corrected chi connectivity index (χ3v) is 3.75. The highest BCUT2D eigenvalue weighted by Crippen LogP contribution is 2.35. The van der Waals surface area contributed by atoms with E-state index in [1.807, 2.05) is 0 Å². The number of furan rings is 1. The highest BCUT2D eigenvalue weighted by Gasteiger charge is 2.21. The molecule has 0 radical (unpaired) electrons. The van der Waals surface area contributed by atoms with Gasteiger partial charge in [-0.25, -0.2) is 4.79 Å². The van der Waals surface area contributed by atoms with Gasteiger partial charge in [-0.3, -0.25) is 9.59 Å². The van der Waals surface area contributed by atoms with Crippen molar-refractivity contribution in [3.63, 3.8) is 0 Å². The molecule has 0 spiro atoms. The molecule has 0 bridgehead atoms. The lowest BCUT2D eigenvalue weighted by Gasteiger charge is -2.10. The van der Waals surface area contributed by atoms with Crippen LogP contribution in [0.5, 0.6) is 11.5 Å². The van der Waals surface area contributed by atoms with Crippen molar-refractivity contribution in [2.45, 2.75) is 27.7 Å². The molecule has 0 atom stereocenters. The van der Waals surface area contributed by atoms with E-state index >= 15 is 0 Å². The van der Waals surface area contributed by atoms with E-state index in [0.717, 1.165) is 5.39 Å². The van der Waals surface area contributed by atoms with Crippen molar-refractivity contribution in [1.82, 2.24) is 0 Å². The Bertz CT molecular complexity index is 1090. The van der Waals surface area contributed by atoms with Gasteiger partial charge in [0.1, 0.15) is 17.1 Å².